The van der Waals surface area contributed by atoms with Crippen LogP contribution in [0.4, 0.5) is 9.59 Å². The first kappa shape index (κ1) is 38.7. The average Bonchev–Trinajstić information content (AvgIpc) is 3.34. The Bertz CT molecular complexity index is 1420. The number of fused-ring (bicyclic) bond motifs is 5. The summed E-state index contributed by atoms with van der Waals surface area (Å²) >= 11 is 0. The molecule has 1 heterocycles. The zero-order valence-corrected chi connectivity index (χ0v) is 27.9. The van der Waals surface area contributed by atoms with Gasteiger partial charge in [-0.3, -0.25) is 9.59 Å². The predicted molar refractivity (Wildman–Crippen MR) is 177 cm³/mol. The maximum absolute atomic E-state index is 13.1. The number of hydrogen-bond acceptors (Lipinski definition) is 9. The first-order chi connectivity index (χ1) is 21.0. The second-order valence-electron chi connectivity index (χ2n) is 11.8. The van der Waals surface area contributed by atoms with Crippen molar-refractivity contribution in [3.63, 3.8) is 0 Å². The van der Waals surface area contributed by atoms with E-state index in [0.717, 1.165) is 35.8 Å². The lowest BCUT2D eigenvalue weighted by Gasteiger charge is -2.34. The van der Waals surface area contributed by atoms with E-state index in [-0.39, 0.29) is 73.8 Å². The largest absolute Gasteiger partial charge is 0.492 e. The molecule has 0 aromatic heterocycles. The minimum atomic E-state index is -0.962. The fraction of sp³-hybridized carbons (Fsp3) is 0.548. The summed E-state index contributed by atoms with van der Waals surface area (Å²) in [6, 6.07) is 4.11. The van der Waals surface area contributed by atoms with Crippen molar-refractivity contribution in [1.29, 1.82) is 0 Å². The third-order valence-corrected chi connectivity index (χ3v) is 7.95. The molecule has 4 rings (SSSR count). The van der Waals surface area contributed by atoms with Crippen molar-refractivity contribution in [1.82, 2.24) is 21.3 Å². The van der Waals surface area contributed by atoms with E-state index in [0.29, 0.717) is 49.2 Å². The molecule has 0 bridgehead atoms. The van der Waals surface area contributed by atoms with Gasteiger partial charge in [-0.25, -0.2) is 9.59 Å². The highest BCUT2D eigenvalue weighted by atomic mass is 35.5. The zero-order valence-electron chi connectivity index (χ0n) is 26.3. The van der Waals surface area contributed by atoms with E-state index in [2.05, 4.69) is 41.2 Å². The number of benzene rings is 2. The number of amides is 2. The molecule has 256 valence electrons. The van der Waals surface area contributed by atoms with Crippen LogP contribution in [-0.2, 0) is 21.4 Å². The van der Waals surface area contributed by atoms with Gasteiger partial charge in [0.1, 0.15) is 5.75 Å². The van der Waals surface area contributed by atoms with Crippen molar-refractivity contribution in [2.45, 2.75) is 64.2 Å². The van der Waals surface area contributed by atoms with Gasteiger partial charge in [-0.15, -0.1) is 24.8 Å². The molecule has 2 amide bonds. The summed E-state index contributed by atoms with van der Waals surface area (Å²) in [6.07, 6.45) is 2.20. The van der Waals surface area contributed by atoms with E-state index in [9.17, 15) is 19.2 Å². The number of carboxylic acids is 2. The molecule has 6 N–H and O–H groups in total. The second-order valence-corrected chi connectivity index (χ2v) is 11.8. The maximum Gasteiger partial charge on any atom is 0.412 e. The minimum Gasteiger partial charge on any atom is -0.492 e. The molecule has 0 saturated heterocycles. The van der Waals surface area contributed by atoms with Crippen LogP contribution in [0.1, 0.15) is 69.1 Å². The summed E-state index contributed by atoms with van der Waals surface area (Å²) in [5.74, 6) is -1.17. The number of aliphatic carboxylic acids is 2. The van der Waals surface area contributed by atoms with Crippen LogP contribution in [0.15, 0.2) is 12.1 Å². The van der Waals surface area contributed by atoms with Crippen LogP contribution < -0.4 is 35.5 Å². The highest BCUT2D eigenvalue weighted by molar-refractivity contribution is 6.03. The molecule has 1 aliphatic carbocycles. The van der Waals surface area contributed by atoms with Gasteiger partial charge in [-0.05, 0) is 61.7 Å². The normalized spacial score (nSPS) is 15.7. The van der Waals surface area contributed by atoms with Crippen LogP contribution in [0, 0.1) is 0 Å². The molecule has 0 radical (unpaired) electrons. The molecule has 2 aromatic rings. The summed E-state index contributed by atoms with van der Waals surface area (Å²) in [6.45, 7) is 7.62. The van der Waals surface area contributed by atoms with Crippen LogP contribution >= 0.6 is 24.8 Å². The Morgan fingerprint density at radius 2 is 1.46 bits per heavy atom. The Morgan fingerprint density at radius 3 is 2.02 bits per heavy atom. The lowest BCUT2D eigenvalue weighted by atomic mass is 9.71. The number of carbonyl (C=O) groups excluding carboxylic acids is 2. The molecular weight excluding hydrogens is 643 g/mol. The summed E-state index contributed by atoms with van der Waals surface area (Å²) in [5, 5.41) is 30.0. The van der Waals surface area contributed by atoms with Crippen LogP contribution in [0.25, 0.3) is 10.8 Å². The van der Waals surface area contributed by atoms with Gasteiger partial charge < -0.3 is 45.7 Å². The van der Waals surface area contributed by atoms with Gasteiger partial charge in [-0.2, -0.15) is 0 Å². The van der Waals surface area contributed by atoms with E-state index in [1.807, 2.05) is 13.0 Å². The molecule has 2 aliphatic rings. The Hall–Kier alpha value is -3.52. The Morgan fingerprint density at radius 1 is 0.891 bits per heavy atom. The van der Waals surface area contributed by atoms with E-state index in [1.54, 1.807) is 0 Å². The maximum atomic E-state index is 13.1. The topological polar surface area (TPSA) is 185 Å². The van der Waals surface area contributed by atoms with E-state index >= 15 is 0 Å². The molecular formula is C31H44Cl2N4O9. The van der Waals surface area contributed by atoms with Crippen LogP contribution in [0.2, 0.25) is 0 Å². The van der Waals surface area contributed by atoms with E-state index < -0.39 is 24.1 Å². The van der Waals surface area contributed by atoms with Gasteiger partial charge >= 0.3 is 24.1 Å². The zero-order chi connectivity index (χ0) is 31.9. The fourth-order valence-corrected chi connectivity index (χ4v) is 5.87. The molecule has 0 fully saturated rings. The van der Waals surface area contributed by atoms with Gasteiger partial charge in [0, 0.05) is 35.3 Å². The summed E-state index contributed by atoms with van der Waals surface area (Å²) in [7, 11) is 0. The average molecular weight is 688 g/mol. The van der Waals surface area contributed by atoms with Gasteiger partial charge in [-0.1, -0.05) is 32.9 Å². The fourth-order valence-electron chi connectivity index (χ4n) is 5.87. The molecule has 13 nitrogen and oxygen atoms in total. The second kappa shape index (κ2) is 17.4. The highest BCUT2D eigenvalue weighted by Crippen LogP contribution is 2.55. The number of halogens is 2. The van der Waals surface area contributed by atoms with Gasteiger partial charge in [0.25, 0.3) is 0 Å². The molecule has 1 aliphatic heterocycles. The minimum absolute atomic E-state index is 0. The third-order valence-electron chi connectivity index (χ3n) is 7.95. The standard InChI is InChI=1S/C31H42N4O9.2ClH/c1-18-17-42-26-20-8-9-21-19(7-4-10-31(21,2)3)25(20)28(44-30(41)35-14-6-12-33-16-23(38)39)27(24(18)26)43-29(40)34-13-5-11-32-15-22(36)37;;/h8-9,18,32-33H,4-7,10-17H2,1-3H3,(H,34,40)(H,35,41)(H,36,37)(H,38,39);2*1H/t18-;;/m0../s1. The van der Waals surface area contributed by atoms with Gasteiger partial charge in [0.05, 0.1) is 19.7 Å². The SMILES string of the molecule is C[C@H]1COc2c1c(OC(=O)NCCCNCC(=O)O)c(OC(=O)NCCCNCC(=O)O)c1c3c(ccc21)C(C)(C)CCC3.Cl.Cl. The lowest BCUT2D eigenvalue weighted by Crippen LogP contribution is -2.32. The lowest BCUT2D eigenvalue weighted by molar-refractivity contribution is -0.136. The third kappa shape index (κ3) is 9.50. The molecule has 1 atom stereocenters. The van der Waals surface area contributed by atoms with Crippen molar-refractivity contribution in [2.75, 3.05) is 45.9 Å². The van der Waals surface area contributed by atoms with Crippen LogP contribution in [0.3, 0.4) is 0 Å². The number of hydrogen-bond donors (Lipinski definition) is 6. The number of carbonyl (C=O) groups is 4. The number of carboxylic acid groups (broad SMARTS) is 2. The predicted octanol–water partition coefficient (Wildman–Crippen LogP) is 4.10. The number of nitrogens with one attached hydrogen (secondary N) is 4. The molecule has 0 saturated carbocycles. The summed E-state index contributed by atoms with van der Waals surface area (Å²) in [5.41, 5.74) is 2.71. The molecule has 0 unspecified atom stereocenters. The van der Waals surface area contributed by atoms with Crippen molar-refractivity contribution in [3.05, 3.63) is 28.8 Å². The number of aryl methyl sites for hydroxylation is 1. The summed E-state index contributed by atoms with van der Waals surface area (Å²) in [4.78, 5) is 47.6. The molecule has 15 heteroatoms. The van der Waals surface area contributed by atoms with Crippen molar-refractivity contribution >= 4 is 59.7 Å². The first-order valence-electron chi connectivity index (χ1n) is 15.0. The molecule has 2 aromatic carbocycles. The molecule has 46 heavy (non-hydrogen) atoms. The van der Waals surface area contributed by atoms with Crippen molar-refractivity contribution < 1.29 is 43.6 Å². The summed E-state index contributed by atoms with van der Waals surface area (Å²) < 4.78 is 18.1. The van der Waals surface area contributed by atoms with Crippen LogP contribution in [-0.4, -0.2) is 80.2 Å². The Kier molecular flexibility index (Phi) is 14.6. The number of ether oxygens (including phenoxy) is 3. The van der Waals surface area contributed by atoms with E-state index in [4.69, 9.17) is 24.4 Å². The number of rotatable bonds is 14. The van der Waals surface area contributed by atoms with Crippen molar-refractivity contribution in [2.24, 2.45) is 0 Å². The van der Waals surface area contributed by atoms with E-state index in [1.165, 1.54) is 0 Å². The monoisotopic (exact) mass is 686 g/mol. The van der Waals surface area contributed by atoms with Gasteiger partial charge in [0.15, 0.2) is 11.5 Å². The van der Waals surface area contributed by atoms with Gasteiger partial charge in [0.2, 0.25) is 0 Å². The quantitative estimate of drug-likeness (QED) is 0.157. The molecule has 0 spiro atoms. The Labute approximate surface area is 280 Å². The highest BCUT2D eigenvalue weighted by Gasteiger charge is 2.37. The van der Waals surface area contributed by atoms with Crippen LogP contribution in [0.5, 0.6) is 17.2 Å². The Balaban J connectivity index is 0.00000368. The van der Waals surface area contributed by atoms with Crippen molar-refractivity contribution in [3.8, 4) is 17.2 Å². The first-order valence-corrected chi connectivity index (χ1v) is 15.0. The smallest absolute Gasteiger partial charge is 0.412 e.